The van der Waals surface area contributed by atoms with E-state index in [1.165, 1.54) is 0 Å². The molecule has 0 fully saturated rings. The third kappa shape index (κ3) is 3.89. The van der Waals surface area contributed by atoms with Crippen LogP contribution in [0.1, 0.15) is 0 Å². The van der Waals surface area contributed by atoms with Crippen LogP contribution >= 0.6 is 11.9 Å². The van der Waals surface area contributed by atoms with E-state index in [-0.39, 0.29) is 5.95 Å². The predicted molar refractivity (Wildman–Crippen MR) is 92.1 cm³/mol. The Morgan fingerprint density at radius 3 is 2.36 bits per heavy atom. The highest BCUT2D eigenvalue weighted by Gasteiger charge is 1.99. The second-order valence-electron chi connectivity index (χ2n) is 4.52. The van der Waals surface area contributed by atoms with Crippen LogP contribution in [0, 0.1) is 0 Å². The molecule has 0 saturated heterocycles. The number of benzene rings is 2. The molecule has 22 heavy (non-hydrogen) atoms. The van der Waals surface area contributed by atoms with Gasteiger partial charge in [-0.15, -0.1) is 0 Å². The summed E-state index contributed by atoms with van der Waals surface area (Å²) in [5.74, 6) is 0.930. The molecule has 0 amide bonds. The molecule has 3 rings (SSSR count). The van der Waals surface area contributed by atoms with Gasteiger partial charge in [0.2, 0.25) is 5.95 Å². The number of rotatable bonds is 5. The summed E-state index contributed by atoms with van der Waals surface area (Å²) in [7, 11) is 0. The first-order chi connectivity index (χ1) is 10.8. The fourth-order valence-corrected chi connectivity index (χ4v) is 2.47. The molecule has 0 saturated carbocycles. The zero-order chi connectivity index (χ0) is 15.2. The van der Waals surface area contributed by atoms with Gasteiger partial charge in [-0.3, -0.25) is 0 Å². The molecule has 0 spiro atoms. The summed E-state index contributed by atoms with van der Waals surface area (Å²) >= 11 is 1.57. The zero-order valence-electron chi connectivity index (χ0n) is 11.7. The Bertz CT molecular complexity index is 731. The largest absolute Gasteiger partial charge is 0.368 e. The maximum atomic E-state index is 5.56. The van der Waals surface area contributed by atoms with E-state index in [0.717, 1.165) is 16.3 Å². The average molecular weight is 309 g/mol. The maximum Gasteiger partial charge on any atom is 0.221 e. The van der Waals surface area contributed by atoms with Crippen LogP contribution in [-0.4, -0.2) is 9.97 Å². The van der Waals surface area contributed by atoms with Gasteiger partial charge in [0.25, 0.3) is 0 Å². The van der Waals surface area contributed by atoms with E-state index in [1.54, 1.807) is 24.2 Å². The molecule has 0 bridgehead atoms. The maximum absolute atomic E-state index is 5.56. The van der Waals surface area contributed by atoms with Crippen molar-refractivity contribution in [3.8, 4) is 0 Å². The van der Waals surface area contributed by atoms with Crippen LogP contribution in [0.3, 0.4) is 0 Å². The van der Waals surface area contributed by atoms with E-state index in [1.807, 2.05) is 54.6 Å². The zero-order valence-corrected chi connectivity index (χ0v) is 12.5. The summed E-state index contributed by atoms with van der Waals surface area (Å²) in [5.41, 5.74) is 7.58. The van der Waals surface area contributed by atoms with E-state index in [9.17, 15) is 0 Å². The van der Waals surface area contributed by atoms with Crippen LogP contribution in [0.15, 0.2) is 71.8 Å². The minimum atomic E-state index is 0.254. The van der Waals surface area contributed by atoms with Gasteiger partial charge >= 0.3 is 0 Å². The Balaban J connectivity index is 1.60. The lowest BCUT2D eigenvalue weighted by molar-refractivity contribution is 1.18. The van der Waals surface area contributed by atoms with Crippen molar-refractivity contribution in [2.45, 2.75) is 4.90 Å². The van der Waals surface area contributed by atoms with Gasteiger partial charge in [0.1, 0.15) is 5.82 Å². The summed E-state index contributed by atoms with van der Waals surface area (Å²) in [6.45, 7) is 0. The van der Waals surface area contributed by atoms with E-state index in [0.29, 0.717) is 5.82 Å². The fourth-order valence-electron chi connectivity index (χ4n) is 1.82. The summed E-state index contributed by atoms with van der Waals surface area (Å²) in [5, 5.41) is 3.18. The minimum absolute atomic E-state index is 0.254. The lowest BCUT2D eigenvalue weighted by Gasteiger charge is -2.08. The number of nitrogens with zero attached hydrogens (tertiary/aromatic N) is 2. The van der Waals surface area contributed by atoms with Crippen molar-refractivity contribution >= 4 is 35.1 Å². The number of hydrogen-bond donors (Lipinski definition) is 3. The van der Waals surface area contributed by atoms with Crippen molar-refractivity contribution < 1.29 is 0 Å². The van der Waals surface area contributed by atoms with E-state index < -0.39 is 0 Å². The highest BCUT2D eigenvalue weighted by molar-refractivity contribution is 8.00. The normalized spacial score (nSPS) is 10.2. The molecule has 2 aromatic carbocycles. The first kappa shape index (κ1) is 14.2. The van der Waals surface area contributed by atoms with Gasteiger partial charge in [-0.05, 0) is 54.4 Å². The van der Waals surface area contributed by atoms with Crippen molar-refractivity contribution in [3.05, 3.63) is 66.9 Å². The summed E-state index contributed by atoms with van der Waals surface area (Å²) < 4.78 is 3.30. The van der Waals surface area contributed by atoms with Crippen LogP contribution < -0.4 is 15.8 Å². The molecular formula is C16H15N5S. The third-order valence-electron chi connectivity index (χ3n) is 2.86. The van der Waals surface area contributed by atoms with Gasteiger partial charge in [-0.1, -0.05) is 18.2 Å². The SMILES string of the molecule is Nc1nccc(Nc2ccc(SNc3ccccc3)cc2)n1. The van der Waals surface area contributed by atoms with Gasteiger partial charge in [0, 0.05) is 22.5 Å². The lowest BCUT2D eigenvalue weighted by atomic mass is 10.3. The lowest BCUT2D eigenvalue weighted by Crippen LogP contribution is -1.98. The first-order valence-electron chi connectivity index (χ1n) is 6.73. The molecule has 0 aliphatic carbocycles. The Kier molecular flexibility index (Phi) is 4.41. The number of nitrogen functional groups attached to an aromatic ring is 1. The number of anilines is 4. The van der Waals surface area contributed by atoms with Crippen molar-refractivity contribution in [3.63, 3.8) is 0 Å². The van der Waals surface area contributed by atoms with Crippen LogP contribution in [0.2, 0.25) is 0 Å². The van der Waals surface area contributed by atoms with Crippen molar-refractivity contribution in [1.29, 1.82) is 0 Å². The molecule has 0 aliphatic heterocycles. The fraction of sp³-hybridized carbons (Fsp3) is 0. The Labute approximate surface area is 133 Å². The monoisotopic (exact) mass is 309 g/mol. The van der Waals surface area contributed by atoms with Crippen LogP contribution in [-0.2, 0) is 0 Å². The van der Waals surface area contributed by atoms with E-state index in [2.05, 4.69) is 20.0 Å². The quantitative estimate of drug-likeness (QED) is 0.620. The molecule has 0 aliphatic rings. The summed E-state index contributed by atoms with van der Waals surface area (Å²) in [6.07, 6.45) is 1.62. The molecule has 1 heterocycles. The number of nitrogens with one attached hydrogen (secondary N) is 2. The molecule has 3 aromatic rings. The molecule has 110 valence electrons. The van der Waals surface area contributed by atoms with Crippen molar-refractivity contribution in [1.82, 2.24) is 9.97 Å². The van der Waals surface area contributed by atoms with Gasteiger partial charge in [-0.25, -0.2) is 4.98 Å². The Hall–Kier alpha value is -2.73. The van der Waals surface area contributed by atoms with Crippen LogP contribution in [0.5, 0.6) is 0 Å². The number of hydrogen-bond acceptors (Lipinski definition) is 6. The first-order valence-corrected chi connectivity index (χ1v) is 7.55. The molecule has 0 atom stereocenters. The van der Waals surface area contributed by atoms with Crippen molar-refractivity contribution in [2.75, 3.05) is 15.8 Å². The molecule has 0 unspecified atom stereocenters. The smallest absolute Gasteiger partial charge is 0.221 e. The Morgan fingerprint density at radius 2 is 1.64 bits per heavy atom. The van der Waals surface area contributed by atoms with Crippen LogP contribution in [0.4, 0.5) is 23.1 Å². The number of nitrogens with two attached hydrogens (primary N) is 1. The summed E-state index contributed by atoms with van der Waals surface area (Å²) in [4.78, 5) is 9.09. The minimum Gasteiger partial charge on any atom is -0.368 e. The van der Waals surface area contributed by atoms with Gasteiger partial charge in [0.05, 0.1) is 0 Å². The molecule has 5 nitrogen and oxygen atoms in total. The van der Waals surface area contributed by atoms with Gasteiger partial charge in [-0.2, -0.15) is 4.98 Å². The molecule has 0 radical (unpaired) electrons. The van der Waals surface area contributed by atoms with Crippen molar-refractivity contribution in [2.24, 2.45) is 0 Å². The third-order valence-corrected chi connectivity index (χ3v) is 3.71. The molecule has 4 N–H and O–H groups in total. The number of aromatic nitrogens is 2. The average Bonchev–Trinajstić information content (AvgIpc) is 2.55. The summed E-state index contributed by atoms with van der Waals surface area (Å²) in [6, 6.07) is 19.9. The molecule has 6 heteroatoms. The van der Waals surface area contributed by atoms with E-state index >= 15 is 0 Å². The van der Waals surface area contributed by atoms with E-state index in [4.69, 9.17) is 5.73 Å². The predicted octanol–water partition coefficient (Wildman–Crippen LogP) is 3.92. The standard InChI is InChI=1S/C16H15N5S/c17-16-18-11-10-15(20-16)19-12-6-8-14(9-7-12)22-21-13-4-2-1-3-5-13/h1-11,21H,(H3,17,18,19,20). The molecule has 1 aromatic heterocycles. The second-order valence-corrected chi connectivity index (χ2v) is 5.40. The second kappa shape index (κ2) is 6.82. The highest BCUT2D eigenvalue weighted by atomic mass is 32.2. The number of para-hydroxylation sites is 1. The highest BCUT2D eigenvalue weighted by Crippen LogP contribution is 2.23. The van der Waals surface area contributed by atoms with Crippen LogP contribution in [0.25, 0.3) is 0 Å². The topological polar surface area (TPSA) is 75.9 Å². The van der Waals surface area contributed by atoms with Gasteiger partial charge < -0.3 is 15.8 Å². The molecular weight excluding hydrogens is 294 g/mol. The van der Waals surface area contributed by atoms with Gasteiger partial charge in [0.15, 0.2) is 0 Å². The Morgan fingerprint density at radius 1 is 0.864 bits per heavy atom.